The average molecular weight is 396 g/mol. The Hall–Kier alpha value is -3.40. The smallest absolute Gasteiger partial charge is 0.292 e. The number of nitrogens with two attached hydrogens (primary N) is 2. The van der Waals surface area contributed by atoms with Crippen molar-refractivity contribution in [3.63, 3.8) is 0 Å². The fraction of sp³-hybridized carbons (Fsp3) is 0.368. The molecule has 1 fully saturated rings. The van der Waals surface area contributed by atoms with Crippen LogP contribution in [-0.4, -0.2) is 58.5 Å². The zero-order valence-corrected chi connectivity index (χ0v) is 16.2. The fourth-order valence-corrected chi connectivity index (χ4v) is 3.62. The molecule has 0 radical (unpaired) electrons. The van der Waals surface area contributed by atoms with Crippen LogP contribution in [-0.2, 0) is 4.79 Å². The highest BCUT2D eigenvalue weighted by Gasteiger charge is 2.24. The first-order valence-electron chi connectivity index (χ1n) is 9.47. The quantitative estimate of drug-likeness (QED) is 0.558. The molecule has 0 bridgehead atoms. The van der Waals surface area contributed by atoms with Crippen molar-refractivity contribution in [1.82, 2.24) is 20.3 Å². The topological polar surface area (TPSA) is 150 Å². The summed E-state index contributed by atoms with van der Waals surface area (Å²) in [7, 11) is 0. The lowest BCUT2D eigenvalue weighted by Crippen LogP contribution is -2.51. The third kappa shape index (κ3) is 3.92. The highest BCUT2D eigenvalue weighted by Crippen LogP contribution is 2.22. The summed E-state index contributed by atoms with van der Waals surface area (Å²) in [6, 6.07) is 5.61. The number of amides is 1. The van der Waals surface area contributed by atoms with Crippen molar-refractivity contribution in [1.29, 1.82) is 5.41 Å². The van der Waals surface area contributed by atoms with Gasteiger partial charge < -0.3 is 20.8 Å². The van der Waals surface area contributed by atoms with Gasteiger partial charge in [0.2, 0.25) is 5.91 Å². The first-order chi connectivity index (χ1) is 13.9. The summed E-state index contributed by atoms with van der Waals surface area (Å²) in [6.45, 7) is 3.49. The summed E-state index contributed by atoms with van der Waals surface area (Å²) in [6.07, 6.45) is 3.37. The van der Waals surface area contributed by atoms with Crippen LogP contribution in [0.3, 0.4) is 0 Å². The largest absolute Gasteiger partial charge is 0.424 e. The minimum Gasteiger partial charge on any atom is -0.424 e. The van der Waals surface area contributed by atoms with E-state index < -0.39 is 0 Å². The maximum Gasteiger partial charge on any atom is 0.292 e. The van der Waals surface area contributed by atoms with Crippen molar-refractivity contribution in [2.24, 2.45) is 10.7 Å². The first kappa shape index (κ1) is 18.9. The van der Waals surface area contributed by atoms with E-state index >= 15 is 0 Å². The van der Waals surface area contributed by atoms with Crippen molar-refractivity contribution in [3.8, 4) is 0 Å². The van der Waals surface area contributed by atoms with E-state index in [-0.39, 0.29) is 23.7 Å². The van der Waals surface area contributed by atoms with E-state index in [0.29, 0.717) is 34.6 Å². The molecule has 0 spiro atoms. The molecule has 1 aromatic heterocycles. The van der Waals surface area contributed by atoms with Crippen LogP contribution in [0.5, 0.6) is 0 Å². The molecule has 2 aromatic rings. The summed E-state index contributed by atoms with van der Waals surface area (Å²) in [5.41, 5.74) is 17.8. The van der Waals surface area contributed by atoms with E-state index in [9.17, 15) is 4.79 Å². The Balaban J connectivity index is 1.44. The number of rotatable bonds is 4. The van der Waals surface area contributed by atoms with Gasteiger partial charge in [-0.25, -0.2) is 10.4 Å². The Morgan fingerprint density at radius 3 is 2.79 bits per heavy atom. The Labute approximate surface area is 167 Å². The van der Waals surface area contributed by atoms with E-state index in [1.807, 2.05) is 9.91 Å². The zero-order valence-electron chi connectivity index (χ0n) is 16.2. The van der Waals surface area contributed by atoms with Gasteiger partial charge in [-0.1, -0.05) is 0 Å². The second-order valence-corrected chi connectivity index (χ2v) is 7.26. The number of nitrogens with one attached hydrogen (secondary N) is 2. The van der Waals surface area contributed by atoms with Crippen LogP contribution in [0.4, 0.5) is 6.01 Å². The van der Waals surface area contributed by atoms with Gasteiger partial charge in [0.15, 0.2) is 5.58 Å². The molecule has 29 heavy (non-hydrogen) atoms. The molecule has 2 aliphatic heterocycles. The third-order valence-corrected chi connectivity index (χ3v) is 5.26. The molecule has 0 aliphatic carbocycles. The van der Waals surface area contributed by atoms with Gasteiger partial charge in [0.05, 0.1) is 12.3 Å². The molecule has 152 valence electrons. The standard InChI is InChI=1S/C19H24N8O2/c1-11(28)26-6-4-13(5-7-26)25-27-9-14(18(21)23-10-27)17(20)12-2-3-16-15(8-12)24-19(22)29-16/h2-3,8,10,13,20,25H,4-7,9,21H2,1H3,(H2,22,24). The van der Waals surface area contributed by atoms with E-state index in [0.717, 1.165) is 25.9 Å². The molecule has 6 N–H and O–H groups in total. The lowest BCUT2D eigenvalue weighted by Gasteiger charge is -2.35. The van der Waals surface area contributed by atoms with E-state index in [1.165, 1.54) is 0 Å². The van der Waals surface area contributed by atoms with Gasteiger partial charge in [-0.2, -0.15) is 4.98 Å². The van der Waals surface area contributed by atoms with Crippen molar-refractivity contribution >= 4 is 35.1 Å². The van der Waals surface area contributed by atoms with Gasteiger partial charge in [0, 0.05) is 37.2 Å². The van der Waals surface area contributed by atoms with Crippen LogP contribution in [0, 0.1) is 5.41 Å². The second kappa shape index (κ2) is 7.55. The van der Waals surface area contributed by atoms with Gasteiger partial charge in [-0.05, 0) is 31.0 Å². The number of hydrogen-bond acceptors (Lipinski definition) is 9. The number of anilines is 1. The highest BCUT2D eigenvalue weighted by atomic mass is 16.4. The number of nitrogens with zero attached hydrogens (tertiary/aromatic N) is 4. The molecular formula is C19H24N8O2. The lowest BCUT2D eigenvalue weighted by molar-refractivity contribution is -0.130. The molecule has 3 heterocycles. The minimum atomic E-state index is 0.0934. The predicted molar refractivity (Wildman–Crippen MR) is 110 cm³/mol. The lowest BCUT2D eigenvalue weighted by atomic mass is 10.0. The summed E-state index contributed by atoms with van der Waals surface area (Å²) in [5.74, 6) is 0.430. The number of carbonyl (C=O) groups excluding carboxylic acids is 1. The summed E-state index contributed by atoms with van der Waals surface area (Å²) < 4.78 is 5.29. The number of piperidine rings is 1. The predicted octanol–water partition coefficient (Wildman–Crippen LogP) is 0.808. The summed E-state index contributed by atoms with van der Waals surface area (Å²) >= 11 is 0. The summed E-state index contributed by atoms with van der Waals surface area (Å²) in [4.78, 5) is 21.7. The number of hydrazine groups is 1. The van der Waals surface area contributed by atoms with Crippen LogP contribution < -0.4 is 16.9 Å². The molecule has 1 aromatic carbocycles. The molecule has 2 aliphatic rings. The molecule has 10 heteroatoms. The van der Waals surface area contributed by atoms with Crippen molar-refractivity contribution in [3.05, 3.63) is 35.2 Å². The minimum absolute atomic E-state index is 0.0934. The summed E-state index contributed by atoms with van der Waals surface area (Å²) in [5, 5.41) is 10.5. The van der Waals surface area contributed by atoms with Gasteiger partial charge in [-0.15, -0.1) is 0 Å². The molecule has 0 unspecified atom stereocenters. The average Bonchev–Trinajstić information content (AvgIpc) is 3.08. The van der Waals surface area contributed by atoms with Crippen molar-refractivity contribution < 1.29 is 9.21 Å². The maximum atomic E-state index is 11.5. The van der Waals surface area contributed by atoms with Crippen molar-refractivity contribution in [2.45, 2.75) is 25.8 Å². The zero-order chi connectivity index (χ0) is 20.5. The van der Waals surface area contributed by atoms with Crippen LogP contribution in [0.25, 0.3) is 11.1 Å². The number of benzene rings is 1. The van der Waals surface area contributed by atoms with Gasteiger partial charge in [0.25, 0.3) is 6.01 Å². The van der Waals surface area contributed by atoms with Gasteiger partial charge in [-0.3, -0.25) is 15.2 Å². The van der Waals surface area contributed by atoms with E-state index in [2.05, 4.69) is 15.4 Å². The van der Waals surface area contributed by atoms with Crippen LogP contribution >= 0.6 is 0 Å². The number of fused-ring (bicyclic) bond motifs is 1. The molecule has 1 saturated heterocycles. The number of aliphatic imine (C=N–C) groups is 1. The Morgan fingerprint density at radius 2 is 2.07 bits per heavy atom. The SMILES string of the molecule is CC(=O)N1CCC(NN2C=NC(N)=C(C(=N)c3ccc4oc(N)nc4c3)C2)CC1. The van der Waals surface area contributed by atoms with Crippen LogP contribution in [0.15, 0.2) is 39.0 Å². The number of oxazole rings is 1. The Morgan fingerprint density at radius 1 is 1.31 bits per heavy atom. The first-order valence-corrected chi connectivity index (χ1v) is 9.47. The molecular weight excluding hydrogens is 372 g/mol. The maximum absolute atomic E-state index is 11.5. The number of aromatic nitrogens is 1. The monoisotopic (exact) mass is 396 g/mol. The van der Waals surface area contributed by atoms with Gasteiger partial charge in [0.1, 0.15) is 17.7 Å². The fourth-order valence-electron chi connectivity index (χ4n) is 3.62. The molecule has 4 rings (SSSR count). The van der Waals surface area contributed by atoms with Crippen LogP contribution in [0.1, 0.15) is 25.3 Å². The number of likely N-dealkylation sites (tertiary alicyclic amines) is 1. The molecule has 1 amide bonds. The number of carbonyl (C=O) groups is 1. The van der Waals surface area contributed by atoms with E-state index in [4.69, 9.17) is 21.3 Å². The second-order valence-electron chi connectivity index (χ2n) is 7.26. The van der Waals surface area contributed by atoms with E-state index in [1.54, 1.807) is 31.5 Å². The Bertz CT molecular complexity index is 1020. The van der Waals surface area contributed by atoms with Gasteiger partial charge >= 0.3 is 0 Å². The molecule has 10 nitrogen and oxygen atoms in total. The van der Waals surface area contributed by atoms with Crippen LogP contribution in [0.2, 0.25) is 0 Å². The Kier molecular flexibility index (Phi) is 4.93. The third-order valence-electron chi connectivity index (χ3n) is 5.26. The molecule has 0 atom stereocenters. The van der Waals surface area contributed by atoms with Crippen molar-refractivity contribution in [2.75, 3.05) is 25.4 Å². The number of hydrogen-bond donors (Lipinski definition) is 4. The molecule has 0 saturated carbocycles. The normalized spacial score (nSPS) is 18.0. The highest BCUT2D eigenvalue weighted by molar-refractivity contribution is 6.12. The number of nitrogen functional groups attached to an aromatic ring is 1.